The average Bonchev–Trinajstić information content (AvgIpc) is 2.63. The van der Waals surface area contributed by atoms with Crippen LogP contribution in [0.25, 0.3) is 10.9 Å². The van der Waals surface area contributed by atoms with Crippen LogP contribution in [-0.4, -0.2) is 23.0 Å². The third-order valence-corrected chi connectivity index (χ3v) is 4.11. The molecular formula is C20H19ClN4O2. The number of amides is 3. The fourth-order valence-corrected chi connectivity index (χ4v) is 2.80. The molecule has 138 valence electrons. The van der Waals surface area contributed by atoms with Crippen LogP contribution in [0.2, 0.25) is 5.02 Å². The Kier molecular flexibility index (Phi) is 5.57. The van der Waals surface area contributed by atoms with E-state index >= 15 is 0 Å². The van der Waals surface area contributed by atoms with Gasteiger partial charge in [-0.05, 0) is 62.4 Å². The van der Waals surface area contributed by atoms with Crippen molar-refractivity contribution in [3.8, 4) is 0 Å². The van der Waals surface area contributed by atoms with Gasteiger partial charge in [-0.1, -0.05) is 11.6 Å². The molecule has 0 radical (unpaired) electrons. The van der Waals surface area contributed by atoms with Gasteiger partial charge in [-0.2, -0.15) is 0 Å². The number of rotatable bonds is 4. The summed E-state index contributed by atoms with van der Waals surface area (Å²) in [6.07, 6.45) is 1.62. The Hall–Kier alpha value is -3.12. The van der Waals surface area contributed by atoms with E-state index in [1.807, 2.05) is 19.9 Å². The second-order valence-corrected chi connectivity index (χ2v) is 6.69. The summed E-state index contributed by atoms with van der Waals surface area (Å²) in [6, 6.07) is 13.6. The molecule has 0 aliphatic rings. The van der Waals surface area contributed by atoms with Crippen molar-refractivity contribution < 1.29 is 9.59 Å². The number of pyridine rings is 1. The minimum absolute atomic E-state index is 0.0476. The topological polar surface area (TPSA) is 83.1 Å². The van der Waals surface area contributed by atoms with E-state index in [-0.39, 0.29) is 18.0 Å². The fourth-order valence-electron chi connectivity index (χ4n) is 2.59. The normalized spacial score (nSPS) is 10.7. The number of hydrogen-bond acceptors (Lipinski definition) is 3. The van der Waals surface area contributed by atoms with Gasteiger partial charge in [0.15, 0.2) is 0 Å². The Morgan fingerprint density at radius 1 is 0.963 bits per heavy atom. The Morgan fingerprint density at radius 2 is 1.63 bits per heavy atom. The molecule has 0 bridgehead atoms. The number of halogens is 1. The van der Waals surface area contributed by atoms with Crippen molar-refractivity contribution in [2.45, 2.75) is 19.9 Å². The Bertz CT molecular complexity index is 987. The van der Waals surface area contributed by atoms with Gasteiger partial charge >= 0.3 is 6.03 Å². The molecule has 6 nitrogen and oxygen atoms in total. The van der Waals surface area contributed by atoms with Gasteiger partial charge in [0.1, 0.15) is 0 Å². The van der Waals surface area contributed by atoms with E-state index in [0.29, 0.717) is 27.5 Å². The first-order valence-corrected chi connectivity index (χ1v) is 8.84. The number of carbonyl (C=O) groups excluding carboxylic acids is 2. The van der Waals surface area contributed by atoms with E-state index in [9.17, 15) is 9.59 Å². The largest absolute Gasteiger partial charge is 0.336 e. The third-order valence-electron chi connectivity index (χ3n) is 3.78. The molecule has 7 heteroatoms. The number of benzene rings is 2. The lowest BCUT2D eigenvalue weighted by atomic mass is 10.1. The van der Waals surface area contributed by atoms with Crippen molar-refractivity contribution >= 4 is 45.8 Å². The summed E-state index contributed by atoms with van der Waals surface area (Å²) in [5.74, 6) is -0.284. The molecule has 3 rings (SSSR count). The quantitative estimate of drug-likeness (QED) is 0.613. The number of nitrogens with one attached hydrogen (secondary N) is 3. The van der Waals surface area contributed by atoms with Gasteiger partial charge in [-0.25, -0.2) is 4.79 Å². The maximum Gasteiger partial charge on any atom is 0.319 e. The first kappa shape index (κ1) is 18.7. The zero-order valence-electron chi connectivity index (χ0n) is 14.9. The molecule has 3 aromatic rings. The van der Waals surface area contributed by atoms with Gasteiger partial charge in [0.2, 0.25) is 0 Å². The molecule has 3 N–H and O–H groups in total. The molecule has 2 aromatic carbocycles. The highest BCUT2D eigenvalue weighted by molar-refractivity contribution is 6.36. The van der Waals surface area contributed by atoms with Gasteiger partial charge in [-0.15, -0.1) is 0 Å². The predicted octanol–water partition coefficient (Wildman–Crippen LogP) is 4.67. The number of nitrogens with zero attached hydrogens (tertiary/aromatic N) is 1. The lowest BCUT2D eigenvalue weighted by Crippen LogP contribution is -2.34. The van der Waals surface area contributed by atoms with Crippen LogP contribution < -0.4 is 16.0 Å². The van der Waals surface area contributed by atoms with E-state index in [1.165, 1.54) is 0 Å². The van der Waals surface area contributed by atoms with Crippen LogP contribution in [0.15, 0.2) is 54.7 Å². The first-order valence-electron chi connectivity index (χ1n) is 8.46. The number of urea groups is 1. The van der Waals surface area contributed by atoms with Gasteiger partial charge in [-0.3, -0.25) is 9.78 Å². The Morgan fingerprint density at radius 3 is 2.30 bits per heavy atom. The van der Waals surface area contributed by atoms with E-state index in [1.54, 1.807) is 48.7 Å². The van der Waals surface area contributed by atoms with Gasteiger partial charge < -0.3 is 16.0 Å². The molecule has 1 aromatic heterocycles. The molecule has 0 saturated heterocycles. The zero-order valence-corrected chi connectivity index (χ0v) is 15.7. The number of hydrogen-bond donors (Lipinski definition) is 3. The third kappa shape index (κ3) is 4.54. The summed E-state index contributed by atoms with van der Waals surface area (Å²) in [5.41, 5.74) is 2.22. The number of fused-ring (bicyclic) bond motifs is 1. The highest BCUT2D eigenvalue weighted by Gasteiger charge is 2.13. The summed E-state index contributed by atoms with van der Waals surface area (Å²) >= 11 is 6.17. The summed E-state index contributed by atoms with van der Waals surface area (Å²) in [5, 5.41) is 9.57. The summed E-state index contributed by atoms with van der Waals surface area (Å²) in [6.45, 7) is 3.76. The maximum absolute atomic E-state index is 12.6. The maximum atomic E-state index is 12.6. The minimum Gasteiger partial charge on any atom is -0.336 e. The summed E-state index contributed by atoms with van der Waals surface area (Å²) in [4.78, 5) is 28.6. The molecule has 0 spiro atoms. The SMILES string of the molecule is CC(C)NC(=O)Nc1ccc(NC(=O)c2ccc(Cl)c3cccnc23)cc1. The van der Waals surface area contributed by atoms with Crippen molar-refractivity contribution in [3.05, 3.63) is 65.3 Å². The molecule has 0 aliphatic heterocycles. The summed E-state index contributed by atoms with van der Waals surface area (Å²) < 4.78 is 0. The van der Waals surface area contributed by atoms with Crippen molar-refractivity contribution in [1.82, 2.24) is 10.3 Å². The molecule has 0 unspecified atom stereocenters. The molecule has 0 fully saturated rings. The van der Waals surface area contributed by atoms with E-state index < -0.39 is 0 Å². The van der Waals surface area contributed by atoms with Crippen LogP contribution in [0.1, 0.15) is 24.2 Å². The number of anilines is 2. The first-order chi connectivity index (χ1) is 12.9. The van der Waals surface area contributed by atoms with Crippen LogP contribution in [0.5, 0.6) is 0 Å². The van der Waals surface area contributed by atoms with Crippen molar-refractivity contribution in [2.24, 2.45) is 0 Å². The van der Waals surface area contributed by atoms with Crippen LogP contribution in [0.4, 0.5) is 16.2 Å². The predicted molar refractivity (Wildman–Crippen MR) is 108 cm³/mol. The molecular weight excluding hydrogens is 364 g/mol. The van der Waals surface area contributed by atoms with Gasteiger partial charge in [0.25, 0.3) is 5.91 Å². The molecule has 0 saturated carbocycles. The van der Waals surface area contributed by atoms with Crippen LogP contribution in [0.3, 0.4) is 0 Å². The van der Waals surface area contributed by atoms with Crippen molar-refractivity contribution in [2.75, 3.05) is 10.6 Å². The second kappa shape index (κ2) is 8.05. The average molecular weight is 383 g/mol. The highest BCUT2D eigenvalue weighted by Crippen LogP contribution is 2.25. The second-order valence-electron chi connectivity index (χ2n) is 6.28. The lowest BCUT2D eigenvalue weighted by Gasteiger charge is -2.11. The number of aromatic nitrogens is 1. The van der Waals surface area contributed by atoms with E-state index in [0.717, 1.165) is 5.39 Å². The van der Waals surface area contributed by atoms with Gasteiger partial charge in [0.05, 0.1) is 16.1 Å². The molecule has 1 heterocycles. The monoisotopic (exact) mass is 382 g/mol. The number of carbonyl (C=O) groups is 2. The molecule has 0 aliphatic carbocycles. The van der Waals surface area contributed by atoms with E-state index in [2.05, 4.69) is 20.9 Å². The highest BCUT2D eigenvalue weighted by atomic mass is 35.5. The smallest absolute Gasteiger partial charge is 0.319 e. The van der Waals surface area contributed by atoms with Gasteiger partial charge in [0, 0.05) is 29.0 Å². The summed E-state index contributed by atoms with van der Waals surface area (Å²) in [7, 11) is 0. The molecule has 3 amide bonds. The van der Waals surface area contributed by atoms with E-state index in [4.69, 9.17) is 11.6 Å². The van der Waals surface area contributed by atoms with Crippen LogP contribution in [-0.2, 0) is 0 Å². The standard InChI is InChI=1S/C20H19ClN4O2/c1-12(2)23-20(27)25-14-7-5-13(6-8-14)24-19(26)16-9-10-17(21)15-4-3-11-22-18(15)16/h3-12H,1-2H3,(H,24,26)(H2,23,25,27). The van der Waals surface area contributed by atoms with Crippen LogP contribution >= 0.6 is 11.6 Å². The molecule has 27 heavy (non-hydrogen) atoms. The lowest BCUT2D eigenvalue weighted by molar-refractivity contribution is 0.102. The van der Waals surface area contributed by atoms with Crippen molar-refractivity contribution in [1.29, 1.82) is 0 Å². The Balaban J connectivity index is 1.74. The molecule has 0 atom stereocenters. The Labute approximate surface area is 161 Å². The van der Waals surface area contributed by atoms with Crippen LogP contribution in [0, 0.1) is 0 Å². The fraction of sp³-hybridized carbons (Fsp3) is 0.150. The zero-order chi connectivity index (χ0) is 19.4. The van der Waals surface area contributed by atoms with Crippen molar-refractivity contribution in [3.63, 3.8) is 0 Å². The minimum atomic E-state index is -0.284.